The van der Waals surface area contributed by atoms with E-state index < -0.39 is 0 Å². The fraction of sp³-hybridized carbons (Fsp3) is 0.278. The monoisotopic (exact) mass is 279 g/mol. The van der Waals surface area contributed by atoms with Crippen LogP contribution in [0.5, 0.6) is 0 Å². The Bertz CT molecular complexity index is 675. The second-order valence-corrected chi connectivity index (χ2v) is 5.91. The zero-order chi connectivity index (χ0) is 14.3. The third-order valence-electron chi connectivity index (χ3n) is 4.61. The Morgan fingerprint density at radius 3 is 2.57 bits per heavy atom. The predicted molar refractivity (Wildman–Crippen MR) is 81.0 cm³/mol. The molecule has 1 spiro atoms. The van der Waals surface area contributed by atoms with Gasteiger partial charge in [-0.2, -0.15) is 0 Å². The van der Waals surface area contributed by atoms with Crippen molar-refractivity contribution in [2.24, 2.45) is 0 Å². The first kappa shape index (κ1) is 12.6. The minimum absolute atomic E-state index is 0.128. The van der Waals surface area contributed by atoms with Gasteiger partial charge in [-0.15, -0.1) is 0 Å². The van der Waals surface area contributed by atoms with Crippen molar-refractivity contribution in [2.45, 2.75) is 31.0 Å². The molecule has 1 N–H and O–H groups in total. The second kappa shape index (κ2) is 4.71. The van der Waals surface area contributed by atoms with Crippen molar-refractivity contribution in [3.8, 4) is 0 Å². The Hall–Kier alpha value is -2.13. The van der Waals surface area contributed by atoms with E-state index in [1.807, 2.05) is 36.4 Å². The lowest BCUT2D eigenvalue weighted by Crippen LogP contribution is -2.50. The first-order chi connectivity index (χ1) is 10.3. The maximum Gasteiger partial charge on any atom is 0.235 e. The molecule has 1 aliphatic carbocycles. The first-order valence-corrected chi connectivity index (χ1v) is 7.34. The molecule has 0 unspecified atom stereocenters. The van der Waals surface area contributed by atoms with Gasteiger partial charge in [0.2, 0.25) is 5.91 Å². The summed E-state index contributed by atoms with van der Waals surface area (Å²) in [5, 5.41) is 2.99. The second-order valence-electron chi connectivity index (χ2n) is 5.91. The molecule has 0 saturated heterocycles. The molecule has 2 aromatic carbocycles. The van der Waals surface area contributed by atoms with Crippen molar-refractivity contribution in [1.82, 2.24) is 0 Å². The van der Waals surface area contributed by atoms with Crippen molar-refractivity contribution in [1.29, 1.82) is 0 Å². The SMILES string of the molecule is O=C1Nc2ccccc2C12CC(OCc1ccccc1)C2. The molecule has 1 aliphatic heterocycles. The quantitative estimate of drug-likeness (QED) is 0.936. The Morgan fingerprint density at radius 1 is 1.05 bits per heavy atom. The highest BCUT2D eigenvalue weighted by Crippen LogP contribution is 2.52. The summed E-state index contributed by atoms with van der Waals surface area (Å²) in [5.74, 6) is 0.128. The van der Waals surface area contributed by atoms with Gasteiger partial charge in [-0.25, -0.2) is 0 Å². The fourth-order valence-corrected chi connectivity index (χ4v) is 3.40. The summed E-state index contributed by atoms with van der Waals surface area (Å²) in [7, 11) is 0. The zero-order valence-corrected chi connectivity index (χ0v) is 11.7. The third kappa shape index (κ3) is 1.96. The molecule has 0 atom stereocenters. The smallest absolute Gasteiger partial charge is 0.235 e. The molecule has 1 saturated carbocycles. The molecule has 2 aromatic rings. The molecule has 1 heterocycles. The van der Waals surface area contributed by atoms with E-state index in [-0.39, 0.29) is 17.4 Å². The highest BCUT2D eigenvalue weighted by molar-refractivity contribution is 6.07. The highest BCUT2D eigenvalue weighted by atomic mass is 16.5. The molecule has 21 heavy (non-hydrogen) atoms. The number of carbonyl (C=O) groups is 1. The summed E-state index contributed by atoms with van der Waals surface area (Å²) in [6, 6.07) is 18.1. The molecular formula is C18H17NO2. The van der Waals surface area contributed by atoms with Crippen LogP contribution in [-0.4, -0.2) is 12.0 Å². The molecule has 4 rings (SSSR count). The largest absolute Gasteiger partial charge is 0.373 e. The molecule has 1 fully saturated rings. The summed E-state index contributed by atoms with van der Waals surface area (Å²) in [6.45, 7) is 0.616. The molecule has 106 valence electrons. The van der Waals surface area contributed by atoms with Crippen LogP contribution in [0.15, 0.2) is 54.6 Å². The number of rotatable bonds is 3. The van der Waals surface area contributed by atoms with Gasteiger partial charge >= 0.3 is 0 Å². The maximum atomic E-state index is 12.3. The van der Waals surface area contributed by atoms with Gasteiger partial charge in [0.15, 0.2) is 0 Å². The number of fused-ring (bicyclic) bond motifs is 2. The van der Waals surface area contributed by atoms with Crippen molar-refractivity contribution in [3.63, 3.8) is 0 Å². The van der Waals surface area contributed by atoms with Crippen LogP contribution in [0.1, 0.15) is 24.0 Å². The molecule has 0 aromatic heterocycles. The van der Waals surface area contributed by atoms with Gasteiger partial charge in [0.25, 0.3) is 0 Å². The Labute approximate surface area is 123 Å². The van der Waals surface area contributed by atoms with Crippen LogP contribution >= 0.6 is 0 Å². The number of amides is 1. The van der Waals surface area contributed by atoms with Crippen LogP contribution in [0.4, 0.5) is 5.69 Å². The van der Waals surface area contributed by atoms with Gasteiger partial charge < -0.3 is 10.1 Å². The van der Waals surface area contributed by atoms with Crippen LogP contribution < -0.4 is 5.32 Å². The fourth-order valence-electron chi connectivity index (χ4n) is 3.40. The van der Waals surface area contributed by atoms with Crippen molar-refractivity contribution >= 4 is 11.6 Å². The average molecular weight is 279 g/mol. The summed E-state index contributed by atoms with van der Waals surface area (Å²) in [4.78, 5) is 12.3. The summed E-state index contributed by atoms with van der Waals surface area (Å²) in [6.07, 6.45) is 1.73. The van der Waals surface area contributed by atoms with Gasteiger partial charge in [0.05, 0.1) is 18.1 Å². The molecule has 3 nitrogen and oxygen atoms in total. The van der Waals surface area contributed by atoms with Gasteiger partial charge in [-0.3, -0.25) is 4.79 Å². The standard InChI is InChI=1S/C18H17NO2/c20-17-18(15-8-4-5-9-16(15)19-17)10-14(11-18)21-12-13-6-2-1-3-7-13/h1-9,14H,10-12H2,(H,19,20). The van der Waals surface area contributed by atoms with E-state index in [0.29, 0.717) is 6.61 Å². The number of hydrogen-bond donors (Lipinski definition) is 1. The van der Waals surface area contributed by atoms with Crippen LogP contribution in [0.3, 0.4) is 0 Å². The van der Waals surface area contributed by atoms with Crippen LogP contribution in [0, 0.1) is 0 Å². The van der Waals surface area contributed by atoms with E-state index in [2.05, 4.69) is 23.5 Å². The van der Waals surface area contributed by atoms with Gasteiger partial charge in [-0.05, 0) is 30.0 Å². The summed E-state index contributed by atoms with van der Waals surface area (Å²) in [5.41, 5.74) is 2.92. The summed E-state index contributed by atoms with van der Waals surface area (Å²) < 4.78 is 5.93. The molecule has 2 aliphatic rings. The summed E-state index contributed by atoms with van der Waals surface area (Å²) >= 11 is 0. The van der Waals surface area contributed by atoms with Crippen molar-refractivity contribution < 1.29 is 9.53 Å². The van der Waals surface area contributed by atoms with Crippen LogP contribution in [0.25, 0.3) is 0 Å². The highest BCUT2D eigenvalue weighted by Gasteiger charge is 2.56. The van der Waals surface area contributed by atoms with E-state index in [1.54, 1.807) is 0 Å². The number of benzene rings is 2. The number of nitrogens with one attached hydrogen (secondary N) is 1. The number of carbonyl (C=O) groups excluding carboxylic acids is 1. The van der Waals surface area contributed by atoms with Crippen LogP contribution in [-0.2, 0) is 21.6 Å². The van der Waals surface area contributed by atoms with E-state index >= 15 is 0 Å². The number of hydrogen-bond acceptors (Lipinski definition) is 2. The zero-order valence-electron chi connectivity index (χ0n) is 11.7. The minimum atomic E-state index is -0.349. The molecule has 1 amide bonds. The molecular weight excluding hydrogens is 262 g/mol. The van der Waals surface area contributed by atoms with Crippen LogP contribution in [0.2, 0.25) is 0 Å². The lowest BCUT2D eigenvalue weighted by molar-refractivity contribution is -0.132. The number of para-hydroxylation sites is 1. The van der Waals surface area contributed by atoms with Crippen molar-refractivity contribution in [2.75, 3.05) is 5.32 Å². The maximum absolute atomic E-state index is 12.3. The Kier molecular flexibility index (Phi) is 2.82. The molecule has 0 bridgehead atoms. The minimum Gasteiger partial charge on any atom is -0.373 e. The predicted octanol–water partition coefficient (Wildman–Crippen LogP) is 3.26. The Morgan fingerprint density at radius 2 is 1.76 bits per heavy atom. The lowest BCUT2D eigenvalue weighted by atomic mass is 9.63. The molecule has 3 heteroatoms. The molecule has 0 radical (unpaired) electrons. The Balaban J connectivity index is 1.44. The topological polar surface area (TPSA) is 38.3 Å². The van der Waals surface area contributed by atoms with E-state index in [1.165, 1.54) is 5.56 Å². The lowest BCUT2D eigenvalue weighted by Gasteiger charge is -2.43. The number of ether oxygens (including phenoxy) is 1. The average Bonchev–Trinajstić information content (AvgIpc) is 2.77. The van der Waals surface area contributed by atoms with E-state index in [9.17, 15) is 4.79 Å². The van der Waals surface area contributed by atoms with Gasteiger partial charge in [-0.1, -0.05) is 48.5 Å². The van der Waals surface area contributed by atoms with Crippen molar-refractivity contribution in [3.05, 3.63) is 65.7 Å². The normalized spacial score (nSPS) is 26.3. The van der Waals surface area contributed by atoms with E-state index in [4.69, 9.17) is 4.74 Å². The van der Waals surface area contributed by atoms with Gasteiger partial charge in [0, 0.05) is 5.69 Å². The number of anilines is 1. The van der Waals surface area contributed by atoms with Gasteiger partial charge in [0.1, 0.15) is 0 Å². The van der Waals surface area contributed by atoms with E-state index in [0.717, 1.165) is 24.1 Å². The first-order valence-electron chi connectivity index (χ1n) is 7.34. The third-order valence-corrected chi connectivity index (χ3v) is 4.61.